The molecule has 3 heteroatoms. The quantitative estimate of drug-likeness (QED) is 0.497. The Balaban J connectivity index is 1.20. The fourth-order valence-electron chi connectivity index (χ4n) is 6.02. The van der Waals surface area contributed by atoms with E-state index in [-0.39, 0.29) is 17.6 Å². The van der Waals surface area contributed by atoms with Crippen LogP contribution in [0, 0.1) is 0 Å². The minimum atomic E-state index is 0.145. The number of allylic oxidation sites excluding steroid dienone is 6. The average molecular weight is 443 g/mol. The summed E-state index contributed by atoms with van der Waals surface area (Å²) in [6.07, 6.45) is 23.7. The van der Waals surface area contributed by atoms with Crippen molar-refractivity contribution in [3.63, 3.8) is 0 Å². The molecule has 0 spiro atoms. The number of carbonyl (C=O) groups is 1. The molecule has 5 aliphatic rings. The van der Waals surface area contributed by atoms with Crippen LogP contribution >= 0.6 is 0 Å². The standard InChI is InChI=1S/C31H26N2O/c34-31-25(19-23-13-17-32-15-3-7-21-5-1-9-27(23)29(21)32)11-12-26(31)20-24-14-18-33-16-4-8-22-6-2-10-28(24)30(22)33/h1-10,13-14,17-20,23-24H,11-12,15-16H2. The Hall–Kier alpha value is -3.85. The van der Waals surface area contributed by atoms with Gasteiger partial charge in [-0.25, -0.2) is 0 Å². The van der Waals surface area contributed by atoms with Crippen LogP contribution in [0.25, 0.3) is 12.2 Å². The highest BCUT2D eigenvalue weighted by atomic mass is 16.1. The maximum Gasteiger partial charge on any atom is 0.184 e. The highest BCUT2D eigenvalue weighted by molar-refractivity contribution is 6.11. The molecular weight excluding hydrogens is 416 g/mol. The van der Waals surface area contributed by atoms with E-state index in [1.807, 2.05) is 0 Å². The zero-order chi connectivity index (χ0) is 22.6. The molecule has 2 aromatic rings. The van der Waals surface area contributed by atoms with Gasteiger partial charge >= 0.3 is 0 Å². The second kappa shape index (κ2) is 7.59. The van der Waals surface area contributed by atoms with Crippen molar-refractivity contribution in [1.82, 2.24) is 0 Å². The van der Waals surface area contributed by atoms with Crippen LogP contribution in [0.4, 0.5) is 11.4 Å². The molecule has 1 fully saturated rings. The van der Waals surface area contributed by atoms with E-state index in [0.717, 1.165) is 37.1 Å². The predicted molar refractivity (Wildman–Crippen MR) is 140 cm³/mol. The number of hydrogen-bond acceptors (Lipinski definition) is 3. The molecule has 0 amide bonds. The lowest BCUT2D eigenvalue weighted by Gasteiger charge is -2.33. The number of nitrogens with zero attached hydrogens (tertiary/aromatic N) is 2. The Morgan fingerprint density at radius 1 is 0.706 bits per heavy atom. The molecule has 0 saturated heterocycles. The predicted octanol–water partition coefficient (Wildman–Crippen LogP) is 6.49. The summed E-state index contributed by atoms with van der Waals surface area (Å²) in [6, 6.07) is 13.0. The summed E-state index contributed by atoms with van der Waals surface area (Å²) in [4.78, 5) is 18.0. The third kappa shape index (κ3) is 3.00. The minimum absolute atomic E-state index is 0.145. The van der Waals surface area contributed by atoms with E-state index < -0.39 is 0 Å². The number of anilines is 2. The zero-order valence-corrected chi connectivity index (χ0v) is 19.0. The van der Waals surface area contributed by atoms with Gasteiger partial charge in [0, 0.05) is 37.3 Å². The van der Waals surface area contributed by atoms with Crippen molar-refractivity contribution in [1.29, 1.82) is 0 Å². The van der Waals surface area contributed by atoms with E-state index in [1.54, 1.807) is 0 Å². The Morgan fingerprint density at radius 3 is 1.71 bits per heavy atom. The topological polar surface area (TPSA) is 23.6 Å². The Kier molecular flexibility index (Phi) is 4.38. The first-order valence-corrected chi connectivity index (χ1v) is 12.2. The van der Waals surface area contributed by atoms with Crippen molar-refractivity contribution in [3.05, 3.63) is 119 Å². The minimum Gasteiger partial charge on any atom is -0.344 e. The summed E-state index contributed by atoms with van der Waals surface area (Å²) in [6.45, 7) is 1.81. The number of rotatable bonds is 2. The monoisotopic (exact) mass is 442 g/mol. The van der Waals surface area contributed by atoms with Crippen LogP contribution in [0.15, 0.2) is 96.4 Å². The van der Waals surface area contributed by atoms with Gasteiger partial charge in [0.1, 0.15) is 0 Å². The summed E-state index contributed by atoms with van der Waals surface area (Å²) in [7, 11) is 0. The first-order valence-electron chi connectivity index (χ1n) is 12.2. The zero-order valence-electron chi connectivity index (χ0n) is 19.0. The Bertz CT molecular complexity index is 1300. The summed E-state index contributed by atoms with van der Waals surface area (Å²) in [5.41, 5.74) is 9.59. The SMILES string of the molecule is O=C1C(=CC2C=CN3CC=Cc4cccc2c43)CCC1=CC1C=CN2CC=Cc3cccc1c32. The van der Waals surface area contributed by atoms with E-state index in [1.165, 1.54) is 33.6 Å². The van der Waals surface area contributed by atoms with Gasteiger partial charge in [-0.15, -0.1) is 0 Å². The van der Waals surface area contributed by atoms with Gasteiger partial charge in [-0.3, -0.25) is 4.79 Å². The van der Waals surface area contributed by atoms with Crippen LogP contribution in [0.2, 0.25) is 0 Å². The molecule has 34 heavy (non-hydrogen) atoms. The third-order valence-electron chi connectivity index (χ3n) is 7.64. The van der Waals surface area contributed by atoms with Gasteiger partial charge in [0.25, 0.3) is 0 Å². The number of carbonyl (C=O) groups excluding carboxylic acids is 1. The lowest BCUT2D eigenvalue weighted by molar-refractivity contribution is -0.111. The molecule has 3 nitrogen and oxygen atoms in total. The number of benzene rings is 2. The second-order valence-electron chi connectivity index (χ2n) is 9.63. The normalized spacial score (nSPS) is 25.9. The summed E-state index contributed by atoms with van der Waals surface area (Å²) < 4.78 is 0. The fraction of sp³-hybridized carbons (Fsp3) is 0.194. The largest absolute Gasteiger partial charge is 0.344 e. The second-order valence-corrected chi connectivity index (χ2v) is 9.63. The molecule has 1 aliphatic carbocycles. The molecule has 7 rings (SSSR count). The molecule has 0 N–H and O–H groups in total. The van der Waals surface area contributed by atoms with Gasteiger partial charge in [-0.1, -0.05) is 85.0 Å². The van der Waals surface area contributed by atoms with Crippen LogP contribution in [0.3, 0.4) is 0 Å². The first kappa shape index (κ1) is 19.6. The van der Waals surface area contributed by atoms with Gasteiger partial charge in [0.2, 0.25) is 0 Å². The van der Waals surface area contributed by atoms with E-state index in [9.17, 15) is 4.79 Å². The van der Waals surface area contributed by atoms with Crippen LogP contribution in [0.1, 0.15) is 46.9 Å². The highest BCUT2D eigenvalue weighted by Gasteiger charge is 2.29. The molecule has 2 unspecified atom stereocenters. The Morgan fingerprint density at radius 2 is 1.21 bits per heavy atom. The molecule has 2 aromatic carbocycles. The molecule has 0 bridgehead atoms. The van der Waals surface area contributed by atoms with Crippen LogP contribution in [-0.4, -0.2) is 18.9 Å². The summed E-state index contributed by atoms with van der Waals surface area (Å²) in [5.74, 6) is 0.514. The van der Waals surface area contributed by atoms with Gasteiger partial charge < -0.3 is 9.80 Å². The molecule has 4 heterocycles. The summed E-state index contributed by atoms with van der Waals surface area (Å²) in [5, 5.41) is 0. The molecule has 2 atom stereocenters. The van der Waals surface area contributed by atoms with Crippen LogP contribution in [-0.2, 0) is 4.79 Å². The fourth-order valence-corrected chi connectivity index (χ4v) is 6.02. The number of para-hydroxylation sites is 2. The van der Waals surface area contributed by atoms with Gasteiger partial charge in [-0.05, 0) is 46.2 Å². The first-order chi connectivity index (χ1) is 16.8. The molecule has 1 saturated carbocycles. The van der Waals surface area contributed by atoms with Crippen LogP contribution in [0.5, 0.6) is 0 Å². The summed E-state index contributed by atoms with van der Waals surface area (Å²) >= 11 is 0. The van der Waals surface area contributed by atoms with Gasteiger partial charge in [-0.2, -0.15) is 0 Å². The Labute approximate surface area is 200 Å². The number of hydrogen-bond donors (Lipinski definition) is 0. The van der Waals surface area contributed by atoms with Crippen molar-refractivity contribution in [2.75, 3.05) is 22.9 Å². The van der Waals surface area contributed by atoms with Crippen molar-refractivity contribution >= 4 is 29.3 Å². The van der Waals surface area contributed by atoms with E-state index in [0.29, 0.717) is 0 Å². The van der Waals surface area contributed by atoms with Crippen molar-refractivity contribution in [3.8, 4) is 0 Å². The van der Waals surface area contributed by atoms with E-state index >= 15 is 0 Å². The van der Waals surface area contributed by atoms with E-state index in [2.05, 4.69) is 107 Å². The highest BCUT2D eigenvalue weighted by Crippen LogP contribution is 2.43. The van der Waals surface area contributed by atoms with Crippen molar-refractivity contribution in [2.24, 2.45) is 0 Å². The van der Waals surface area contributed by atoms with Gasteiger partial charge in [0.05, 0.1) is 11.4 Å². The molecule has 0 radical (unpaired) electrons. The lowest BCUT2D eigenvalue weighted by Crippen LogP contribution is -2.24. The third-order valence-corrected chi connectivity index (χ3v) is 7.64. The van der Waals surface area contributed by atoms with Gasteiger partial charge in [0.15, 0.2) is 5.78 Å². The molecule has 0 aromatic heterocycles. The molecule has 4 aliphatic heterocycles. The maximum atomic E-state index is 13.4. The van der Waals surface area contributed by atoms with Crippen molar-refractivity contribution < 1.29 is 4.79 Å². The molecule has 166 valence electrons. The average Bonchev–Trinajstić information content (AvgIpc) is 3.21. The van der Waals surface area contributed by atoms with Crippen LogP contribution < -0.4 is 9.80 Å². The smallest absolute Gasteiger partial charge is 0.184 e. The lowest BCUT2D eigenvalue weighted by atomic mass is 9.87. The van der Waals surface area contributed by atoms with E-state index in [4.69, 9.17) is 0 Å². The van der Waals surface area contributed by atoms with Crippen molar-refractivity contribution in [2.45, 2.75) is 24.7 Å². The number of Topliss-reactive ketones (excluding diaryl/α,β-unsaturated/α-hetero) is 1. The molecular formula is C31H26N2O. The number of ketones is 1. The maximum absolute atomic E-state index is 13.4.